The van der Waals surface area contributed by atoms with Crippen LogP contribution in [0.15, 0.2) is 60.8 Å². The standard InChI is InChI=1S/C63H112O6/c1-4-7-10-13-16-19-22-25-27-29-30-31-32-34-35-38-41-44-47-50-53-56-62(65)68-59-60(58-67-61(64)55-52-49-46-43-40-37-24-21-18-15-12-9-6-3)69-63(66)57-54-51-48-45-42-39-36-33-28-26-23-20-17-14-11-8-5-2/h8,11,17,20,26,28-30,36,39,60H,4-7,9-10,12-16,18-19,21-25,27,31-35,37-38,40-59H2,1-3H3/b11-8-,20-17-,28-26-,30-29-,39-36-. The van der Waals surface area contributed by atoms with E-state index in [2.05, 4.69) is 81.5 Å². The number of ether oxygens (including phenoxy) is 3. The van der Waals surface area contributed by atoms with Crippen LogP contribution >= 0.6 is 0 Å². The molecule has 0 saturated carbocycles. The quantitative estimate of drug-likeness (QED) is 0.0262. The topological polar surface area (TPSA) is 78.9 Å². The van der Waals surface area contributed by atoms with Crippen LogP contribution in [-0.4, -0.2) is 37.2 Å². The number of unbranched alkanes of at least 4 members (excludes halogenated alkanes) is 33. The van der Waals surface area contributed by atoms with Gasteiger partial charge in [0.15, 0.2) is 6.10 Å². The average Bonchev–Trinajstić information content (AvgIpc) is 3.35. The normalized spacial score (nSPS) is 12.4. The van der Waals surface area contributed by atoms with Crippen LogP contribution in [0.2, 0.25) is 0 Å². The van der Waals surface area contributed by atoms with Gasteiger partial charge in [0, 0.05) is 19.3 Å². The molecule has 0 fully saturated rings. The minimum absolute atomic E-state index is 0.0821. The van der Waals surface area contributed by atoms with Crippen molar-refractivity contribution in [3.05, 3.63) is 60.8 Å². The fourth-order valence-corrected chi connectivity index (χ4v) is 8.55. The summed E-state index contributed by atoms with van der Waals surface area (Å²) in [6.07, 6.45) is 72.1. The SMILES string of the molecule is CC/C=C\C/C=C\C/C=C\C/C=C\CCCCCCC(=O)OC(COC(=O)CCCCCCCCCCC/C=C\CCCCCCCCCC)COC(=O)CCCCCCCCCCCCCCC. The highest BCUT2D eigenvalue weighted by molar-refractivity contribution is 5.71. The number of allylic oxidation sites excluding steroid dienone is 10. The Morgan fingerprint density at radius 3 is 0.899 bits per heavy atom. The third kappa shape index (κ3) is 55.9. The average molecular weight is 966 g/mol. The van der Waals surface area contributed by atoms with Crippen molar-refractivity contribution >= 4 is 17.9 Å². The van der Waals surface area contributed by atoms with Crippen LogP contribution < -0.4 is 0 Å². The molecular weight excluding hydrogens is 853 g/mol. The Morgan fingerprint density at radius 1 is 0.304 bits per heavy atom. The van der Waals surface area contributed by atoms with E-state index in [0.29, 0.717) is 19.3 Å². The highest BCUT2D eigenvalue weighted by Crippen LogP contribution is 2.16. The molecule has 6 heteroatoms. The second-order valence-corrected chi connectivity index (χ2v) is 19.9. The molecule has 0 N–H and O–H groups in total. The number of carbonyl (C=O) groups is 3. The van der Waals surface area contributed by atoms with Gasteiger partial charge in [-0.3, -0.25) is 14.4 Å². The highest BCUT2D eigenvalue weighted by Gasteiger charge is 2.19. The van der Waals surface area contributed by atoms with Gasteiger partial charge < -0.3 is 14.2 Å². The second-order valence-electron chi connectivity index (χ2n) is 19.9. The molecule has 0 aromatic carbocycles. The molecule has 0 aromatic rings. The highest BCUT2D eigenvalue weighted by atomic mass is 16.6. The van der Waals surface area contributed by atoms with E-state index in [9.17, 15) is 14.4 Å². The zero-order valence-electron chi connectivity index (χ0n) is 45.8. The van der Waals surface area contributed by atoms with Crippen LogP contribution in [0.1, 0.15) is 303 Å². The first kappa shape index (κ1) is 66.1. The van der Waals surface area contributed by atoms with Crippen molar-refractivity contribution in [2.75, 3.05) is 13.2 Å². The Bertz CT molecular complexity index is 1250. The van der Waals surface area contributed by atoms with Crippen molar-refractivity contribution in [3.8, 4) is 0 Å². The largest absolute Gasteiger partial charge is 0.462 e. The summed E-state index contributed by atoms with van der Waals surface area (Å²) < 4.78 is 16.9. The maximum absolute atomic E-state index is 12.9. The molecule has 400 valence electrons. The Labute approximate surface area is 428 Å². The molecule has 69 heavy (non-hydrogen) atoms. The molecule has 1 atom stereocenters. The summed E-state index contributed by atoms with van der Waals surface area (Å²) in [5, 5.41) is 0. The van der Waals surface area contributed by atoms with Crippen molar-refractivity contribution in [1.29, 1.82) is 0 Å². The van der Waals surface area contributed by atoms with Crippen molar-refractivity contribution in [3.63, 3.8) is 0 Å². The van der Waals surface area contributed by atoms with Crippen LogP contribution in [0.5, 0.6) is 0 Å². The molecule has 0 rings (SSSR count). The van der Waals surface area contributed by atoms with Crippen molar-refractivity contribution in [2.45, 2.75) is 309 Å². The molecule has 0 aliphatic heterocycles. The van der Waals surface area contributed by atoms with Gasteiger partial charge in [0.2, 0.25) is 0 Å². The molecule has 0 aliphatic rings. The molecular formula is C63H112O6. The first-order valence-electron chi connectivity index (χ1n) is 29.8. The van der Waals surface area contributed by atoms with E-state index in [1.54, 1.807) is 0 Å². The lowest BCUT2D eigenvalue weighted by atomic mass is 10.0. The van der Waals surface area contributed by atoms with Crippen molar-refractivity contribution in [1.82, 2.24) is 0 Å². The van der Waals surface area contributed by atoms with E-state index in [1.807, 2.05) is 0 Å². The van der Waals surface area contributed by atoms with E-state index in [0.717, 1.165) is 96.3 Å². The van der Waals surface area contributed by atoms with E-state index in [1.165, 1.54) is 167 Å². The van der Waals surface area contributed by atoms with Crippen LogP contribution in [0.3, 0.4) is 0 Å². The summed E-state index contributed by atoms with van der Waals surface area (Å²) >= 11 is 0. The summed E-state index contributed by atoms with van der Waals surface area (Å²) in [7, 11) is 0. The smallest absolute Gasteiger partial charge is 0.306 e. The summed E-state index contributed by atoms with van der Waals surface area (Å²) in [5.41, 5.74) is 0. The maximum atomic E-state index is 12.9. The minimum Gasteiger partial charge on any atom is -0.462 e. The number of rotatable bonds is 54. The minimum atomic E-state index is -0.786. The van der Waals surface area contributed by atoms with Crippen LogP contribution in [-0.2, 0) is 28.6 Å². The van der Waals surface area contributed by atoms with Crippen LogP contribution in [0.25, 0.3) is 0 Å². The Kier molecular flexibility index (Phi) is 55.3. The van der Waals surface area contributed by atoms with Crippen LogP contribution in [0.4, 0.5) is 0 Å². The van der Waals surface area contributed by atoms with Gasteiger partial charge in [-0.15, -0.1) is 0 Å². The molecule has 0 heterocycles. The molecule has 0 aromatic heterocycles. The number of carbonyl (C=O) groups excluding carboxylic acids is 3. The van der Waals surface area contributed by atoms with Gasteiger partial charge in [0.05, 0.1) is 0 Å². The van der Waals surface area contributed by atoms with Gasteiger partial charge in [0.1, 0.15) is 13.2 Å². The van der Waals surface area contributed by atoms with Gasteiger partial charge in [-0.25, -0.2) is 0 Å². The second kappa shape index (κ2) is 57.7. The molecule has 0 radical (unpaired) electrons. The van der Waals surface area contributed by atoms with Crippen molar-refractivity contribution in [2.24, 2.45) is 0 Å². The Hall–Kier alpha value is -2.89. The molecule has 0 spiro atoms. The van der Waals surface area contributed by atoms with E-state index in [-0.39, 0.29) is 31.1 Å². The molecule has 0 saturated heterocycles. The molecule has 0 amide bonds. The maximum Gasteiger partial charge on any atom is 0.306 e. The first-order chi connectivity index (χ1) is 34.0. The predicted molar refractivity (Wildman–Crippen MR) is 298 cm³/mol. The lowest BCUT2D eigenvalue weighted by Crippen LogP contribution is -2.30. The summed E-state index contributed by atoms with van der Waals surface area (Å²) in [6, 6.07) is 0. The van der Waals surface area contributed by atoms with Gasteiger partial charge in [0.25, 0.3) is 0 Å². The number of hydrogen-bond donors (Lipinski definition) is 0. The summed E-state index contributed by atoms with van der Waals surface area (Å²) in [6.45, 7) is 6.54. The van der Waals surface area contributed by atoms with Crippen molar-refractivity contribution < 1.29 is 28.6 Å². The summed E-state index contributed by atoms with van der Waals surface area (Å²) in [4.78, 5) is 38.2. The monoisotopic (exact) mass is 965 g/mol. The predicted octanol–water partition coefficient (Wildman–Crippen LogP) is 20.0. The third-order valence-corrected chi connectivity index (χ3v) is 13.0. The third-order valence-electron chi connectivity index (χ3n) is 13.0. The number of esters is 3. The van der Waals surface area contributed by atoms with Crippen LogP contribution in [0, 0.1) is 0 Å². The Balaban J connectivity index is 4.36. The van der Waals surface area contributed by atoms with Gasteiger partial charge >= 0.3 is 17.9 Å². The first-order valence-corrected chi connectivity index (χ1v) is 29.8. The molecule has 6 nitrogen and oxygen atoms in total. The number of hydrogen-bond acceptors (Lipinski definition) is 6. The fourth-order valence-electron chi connectivity index (χ4n) is 8.55. The molecule has 0 bridgehead atoms. The lowest BCUT2D eigenvalue weighted by molar-refractivity contribution is -0.167. The zero-order chi connectivity index (χ0) is 50.0. The molecule has 1 unspecified atom stereocenters. The molecule has 0 aliphatic carbocycles. The lowest BCUT2D eigenvalue weighted by Gasteiger charge is -2.18. The van der Waals surface area contributed by atoms with E-state index >= 15 is 0 Å². The van der Waals surface area contributed by atoms with Gasteiger partial charge in [-0.1, -0.05) is 261 Å². The summed E-state index contributed by atoms with van der Waals surface area (Å²) in [5.74, 6) is -0.895. The Morgan fingerprint density at radius 2 is 0.565 bits per heavy atom. The van der Waals surface area contributed by atoms with Gasteiger partial charge in [-0.2, -0.15) is 0 Å². The van der Waals surface area contributed by atoms with E-state index < -0.39 is 6.10 Å². The van der Waals surface area contributed by atoms with E-state index in [4.69, 9.17) is 14.2 Å². The van der Waals surface area contributed by atoms with Gasteiger partial charge in [-0.05, 0) is 83.5 Å². The fraction of sp³-hybridized carbons (Fsp3) is 0.794. The zero-order valence-corrected chi connectivity index (χ0v) is 45.8.